The van der Waals surface area contributed by atoms with Gasteiger partial charge in [-0.25, -0.2) is 9.78 Å². The van der Waals surface area contributed by atoms with E-state index in [2.05, 4.69) is 15.0 Å². The summed E-state index contributed by atoms with van der Waals surface area (Å²) in [6.45, 7) is 0.457. The number of carbonyl (C=O) groups is 2. The van der Waals surface area contributed by atoms with E-state index in [9.17, 15) is 22.8 Å². The Morgan fingerprint density at radius 3 is 2.83 bits per heavy atom. The van der Waals surface area contributed by atoms with Crippen molar-refractivity contribution in [2.24, 2.45) is 0 Å². The van der Waals surface area contributed by atoms with Crippen molar-refractivity contribution in [3.8, 4) is 5.75 Å². The van der Waals surface area contributed by atoms with Crippen LogP contribution in [0.5, 0.6) is 5.75 Å². The highest BCUT2D eigenvalue weighted by Gasteiger charge is 2.43. The fourth-order valence-corrected chi connectivity index (χ4v) is 4.18. The van der Waals surface area contributed by atoms with Crippen LogP contribution >= 0.6 is 0 Å². The molecule has 10 heteroatoms. The number of imide groups is 1. The van der Waals surface area contributed by atoms with Crippen LogP contribution in [0.2, 0.25) is 0 Å². The quantitative estimate of drug-likeness (QED) is 0.666. The van der Waals surface area contributed by atoms with Crippen LogP contribution in [0.4, 0.5) is 18.0 Å². The fraction of sp³-hybridized carbons (Fsp3) is 0.250. The van der Waals surface area contributed by atoms with Crippen molar-refractivity contribution in [2.45, 2.75) is 31.9 Å². The summed E-state index contributed by atoms with van der Waals surface area (Å²) >= 11 is 0. The molecule has 1 saturated heterocycles. The molecule has 30 heavy (non-hydrogen) atoms. The molecule has 1 atom stereocenters. The van der Waals surface area contributed by atoms with Gasteiger partial charge in [-0.15, -0.1) is 13.2 Å². The van der Waals surface area contributed by atoms with Crippen LogP contribution in [0.25, 0.3) is 11.0 Å². The highest BCUT2D eigenvalue weighted by Crippen LogP contribution is 2.34. The lowest BCUT2D eigenvalue weighted by atomic mass is 9.98. The molecule has 3 aromatic rings. The second-order valence-corrected chi connectivity index (χ2v) is 7.22. The Hall–Kier alpha value is -3.56. The molecular weight excluding hydrogens is 401 g/mol. The van der Waals surface area contributed by atoms with Crippen molar-refractivity contribution in [1.29, 1.82) is 0 Å². The Labute approximate surface area is 168 Å². The molecule has 1 fully saturated rings. The van der Waals surface area contributed by atoms with Crippen LogP contribution in [-0.2, 0) is 24.3 Å². The number of carbonyl (C=O) groups excluding carboxylic acids is 2. The third kappa shape index (κ3) is 3.04. The van der Waals surface area contributed by atoms with Crippen LogP contribution in [0.15, 0.2) is 42.6 Å². The minimum absolute atomic E-state index is 0.215. The molecule has 7 nitrogen and oxygen atoms in total. The molecule has 4 heterocycles. The average molecular weight is 416 g/mol. The number of benzene rings is 1. The molecule has 1 aromatic carbocycles. The Morgan fingerprint density at radius 1 is 1.20 bits per heavy atom. The Kier molecular flexibility index (Phi) is 3.99. The first-order chi connectivity index (χ1) is 14.3. The topological polar surface area (TPSA) is 76.5 Å². The van der Waals surface area contributed by atoms with E-state index in [1.165, 1.54) is 23.1 Å². The number of urea groups is 1. The van der Waals surface area contributed by atoms with Gasteiger partial charge in [0, 0.05) is 30.2 Å². The summed E-state index contributed by atoms with van der Waals surface area (Å²) in [6, 6.07) is 8.43. The van der Waals surface area contributed by atoms with E-state index in [1.54, 1.807) is 18.3 Å². The number of nitrogens with one attached hydrogen (secondary N) is 1. The zero-order valence-corrected chi connectivity index (χ0v) is 15.4. The molecule has 2 aromatic heterocycles. The van der Waals surface area contributed by atoms with Crippen molar-refractivity contribution >= 4 is 23.0 Å². The molecule has 154 valence electrons. The maximum Gasteiger partial charge on any atom is 0.573 e. The lowest BCUT2D eigenvalue weighted by molar-refractivity contribution is -0.274. The summed E-state index contributed by atoms with van der Waals surface area (Å²) in [5.41, 5.74) is 2.98. The number of hydrogen-bond donors (Lipinski definition) is 1. The largest absolute Gasteiger partial charge is 0.573 e. The van der Waals surface area contributed by atoms with Crippen molar-refractivity contribution in [3.63, 3.8) is 0 Å². The van der Waals surface area contributed by atoms with Gasteiger partial charge in [0.1, 0.15) is 17.4 Å². The molecule has 3 amide bonds. The van der Waals surface area contributed by atoms with Crippen molar-refractivity contribution < 1.29 is 27.5 Å². The molecule has 2 aliphatic heterocycles. The van der Waals surface area contributed by atoms with E-state index < -0.39 is 18.4 Å². The molecule has 1 unspecified atom stereocenters. The minimum Gasteiger partial charge on any atom is -0.406 e. The van der Waals surface area contributed by atoms with Gasteiger partial charge in [-0.2, -0.15) is 0 Å². The monoisotopic (exact) mass is 416 g/mol. The van der Waals surface area contributed by atoms with Crippen LogP contribution in [0.3, 0.4) is 0 Å². The molecule has 0 saturated carbocycles. The molecule has 0 spiro atoms. The predicted octanol–water partition coefficient (Wildman–Crippen LogP) is 2.96. The number of fused-ring (bicyclic) bond motifs is 4. The lowest BCUT2D eigenvalue weighted by Gasteiger charge is -2.28. The minimum atomic E-state index is -4.77. The number of rotatable bonds is 3. The summed E-state index contributed by atoms with van der Waals surface area (Å²) in [5, 5.41) is 3.19. The van der Waals surface area contributed by atoms with Crippen LogP contribution in [-0.4, -0.2) is 38.8 Å². The van der Waals surface area contributed by atoms with E-state index in [0.717, 1.165) is 16.6 Å². The Bertz CT molecular complexity index is 1190. The molecular formula is C20H15F3N4O3. The number of hydrogen-bond acceptors (Lipinski definition) is 4. The predicted molar refractivity (Wildman–Crippen MR) is 98.5 cm³/mol. The number of aromatic nitrogens is 2. The van der Waals surface area contributed by atoms with Crippen LogP contribution < -0.4 is 10.1 Å². The third-order valence-electron chi connectivity index (χ3n) is 5.40. The Balaban J connectivity index is 1.57. The zero-order valence-electron chi connectivity index (χ0n) is 15.4. The number of amides is 3. The van der Waals surface area contributed by atoms with Crippen LogP contribution in [0.1, 0.15) is 16.8 Å². The van der Waals surface area contributed by atoms with Crippen molar-refractivity contribution in [1.82, 2.24) is 19.8 Å². The van der Waals surface area contributed by atoms with Gasteiger partial charge in [-0.1, -0.05) is 12.1 Å². The smallest absolute Gasteiger partial charge is 0.406 e. The second kappa shape index (κ2) is 6.48. The standard InChI is InChI=1S/C20H15F3N4O3/c21-20(22,23)30-12-4-1-3-11(7-12)9-26-16-10-27-15(18(28)25-19(27)29)8-14(16)13-5-2-6-24-17(13)26/h1-7,15H,8-10H2,(H,25,28,29). The van der Waals surface area contributed by atoms with E-state index in [1.807, 2.05) is 10.6 Å². The normalized spacial score (nSPS) is 18.4. The molecule has 0 bridgehead atoms. The number of pyridine rings is 1. The Morgan fingerprint density at radius 2 is 2.03 bits per heavy atom. The molecule has 2 aliphatic rings. The SMILES string of the molecule is O=C1NC(=O)N2Cc3c(c4cccnc4n3Cc3cccc(OC(F)(F)F)c3)CC12. The molecule has 0 aliphatic carbocycles. The maximum absolute atomic E-state index is 12.6. The zero-order chi connectivity index (χ0) is 21.0. The van der Waals surface area contributed by atoms with E-state index >= 15 is 0 Å². The average Bonchev–Trinajstić information content (AvgIpc) is 3.14. The van der Waals surface area contributed by atoms with Gasteiger partial charge in [0.15, 0.2) is 0 Å². The third-order valence-corrected chi connectivity index (χ3v) is 5.40. The molecule has 5 rings (SSSR count). The number of nitrogens with zero attached hydrogens (tertiary/aromatic N) is 3. The van der Waals surface area contributed by atoms with E-state index in [4.69, 9.17) is 0 Å². The first kappa shape index (κ1) is 18.5. The summed E-state index contributed by atoms with van der Waals surface area (Å²) in [7, 11) is 0. The van der Waals surface area contributed by atoms with Gasteiger partial charge in [0.25, 0.3) is 5.91 Å². The van der Waals surface area contributed by atoms with Gasteiger partial charge < -0.3 is 14.2 Å². The summed E-state index contributed by atoms with van der Waals surface area (Å²) in [5.74, 6) is -0.629. The number of alkyl halides is 3. The van der Waals surface area contributed by atoms with Crippen molar-refractivity contribution in [2.75, 3.05) is 0 Å². The number of ether oxygens (including phenoxy) is 1. The fourth-order valence-electron chi connectivity index (χ4n) is 4.18. The van der Waals surface area contributed by atoms with E-state index in [-0.39, 0.29) is 24.7 Å². The summed E-state index contributed by atoms with van der Waals surface area (Å²) in [4.78, 5) is 30.2. The lowest BCUT2D eigenvalue weighted by Crippen LogP contribution is -2.40. The van der Waals surface area contributed by atoms with E-state index in [0.29, 0.717) is 17.6 Å². The summed E-state index contributed by atoms with van der Waals surface area (Å²) in [6.07, 6.45) is -2.78. The van der Waals surface area contributed by atoms with Gasteiger partial charge in [-0.05, 0) is 35.4 Å². The maximum atomic E-state index is 12.6. The first-order valence-electron chi connectivity index (χ1n) is 9.21. The second-order valence-electron chi connectivity index (χ2n) is 7.22. The van der Waals surface area contributed by atoms with Gasteiger partial charge in [0.2, 0.25) is 0 Å². The van der Waals surface area contributed by atoms with Gasteiger partial charge in [0.05, 0.1) is 6.54 Å². The van der Waals surface area contributed by atoms with Crippen molar-refractivity contribution in [3.05, 3.63) is 59.4 Å². The van der Waals surface area contributed by atoms with Gasteiger partial charge >= 0.3 is 12.4 Å². The molecule has 0 radical (unpaired) electrons. The summed E-state index contributed by atoms with van der Waals surface area (Å²) < 4.78 is 43.6. The molecule has 1 N–H and O–H groups in total. The highest BCUT2D eigenvalue weighted by atomic mass is 19.4. The highest BCUT2D eigenvalue weighted by molar-refractivity contribution is 6.05. The first-order valence-corrected chi connectivity index (χ1v) is 9.21. The van der Waals surface area contributed by atoms with Crippen LogP contribution in [0, 0.1) is 0 Å². The number of halogens is 3. The van der Waals surface area contributed by atoms with Gasteiger partial charge in [-0.3, -0.25) is 10.1 Å².